The van der Waals surface area contributed by atoms with Gasteiger partial charge in [-0.2, -0.15) is 4.31 Å². The molecule has 1 aliphatic rings. The molecule has 2 aromatic heterocycles. The maximum Gasteiger partial charge on any atom is 0.344 e. The smallest absolute Gasteiger partial charge is 0.344 e. The van der Waals surface area contributed by atoms with Crippen LogP contribution in [0.25, 0.3) is 10.2 Å². The van der Waals surface area contributed by atoms with Crippen LogP contribution in [0.5, 0.6) is 5.75 Å². The number of urea groups is 1. The van der Waals surface area contributed by atoms with Gasteiger partial charge in [-0.25, -0.2) is 32.0 Å². The van der Waals surface area contributed by atoms with Crippen LogP contribution < -0.4 is 13.9 Å². The fourth-order valence-corrected chi connectivity index (χ4v) is 5.80. The Hall–Kier alpha value is -3.64. The molecule has 12 heteroatoms. The second kappa shape index (κ2) is 7.74. The first-order chi connectivity index (χ1) is 15.8. The van der Waals surface area contributed by atoms with E-state index in [2.05, 4.69) is 9.97 Å². The molecule has 0 saturated carbocycles. The van der Waals surface area contributed by atoms with E-state index in [9.17, 15) is 22.0 Å². The predicted molar refractivity (Wildman–Crippen MR) is 118 cm³/mol. The van der Waals surface area contributed by atoms with Gasteiger partial charge >= 0.3 is 6.03 Å². The first kappa shape index (κ1) is 21.2. The number of ether oxygens (including phenoxy) is 1. The van der Waals surface area contributed by atoms with Gasteiger partial charge in [-0.15, -0.1) is 11.3 Å². The molecule has 0 fully saturated rings. The monoisotopic (exact) mass is 488 g/mol. The molecule has 2 aromatic carbocycles. The molecule has 0 radical (unpaired) electrons. The number of hydrogen-bond acceptors (Lipinski definition) is 7. The molecule has 0 atom stereocenters. The van der Waals surface area contributed by atoms with Crippen LogP contribution in [0.1, 0.15) is 5.56 Å². The number of thiazole rings is 1. The molecular weight excluding hydrogens is 474 g/mol. The molecule has 1 aliphatic heterocycles. The van der Waals surface area contributed by atoms with Crippen molar-refractivity contribution in [3.63, 3.8) is 0 Å². The average molecular weight is 488 g/mol. The minimum absolute atomic E-state index is 0.0284. The zero-order chi connectivity index (χ0) is 23.3. The van der Waals surface area contributed by atoms with Gasteiger partial charge in [0, 0.05) is 23.9 Å². The highest BCUT2D eigenvalue weighted by molar-refractivity contribution is 7.94. The van der Waals surface area contributed by atoms with Crippen molar-refractivity contribution in [2.24, 2.45) is 0 Å². The van der Waals surface area contributed by atoms with Crippen molar-refractivity contribution in [1.29, 1.82) is 0 Å². The normalized spacial score (nSPS) is 15.1. The van der Waals surface area contributed by atoms with Crippen LogP contribution >= 0.6 is 11.3 Å². The lowest BCUT2D eigenvalue weighted by atomic mass is 10.1. The van der Waals surface area contributed by atoms with Gasteiger partial charge in [0.2, 0.25) is 0 Å². The molecule has 0 saturated heterocycles. The highest BCUT2D eigenvalue weighted by atomic mass is 32.2. The molecule has 33 heavy (non-hydrogen) atoms. The second-order valence-corrected chi connectivity index (χ2v) is 9.68. The summed E-state index contributed by atoms with van der Waals surface area (Å²) in [4.78, 5) is 22.3. The number of carbonyl (C=O) groups excluding carboxylic acids is 1. The molecule has 5 rings (SSSR count). The molecule has 3 heterocycles. The minimum atomic E-state index is -4.34. The third-order valence-corrected chi connectivity index (χ3v) is 7.66. The van der Waals surface area contributed by atoms with Crippen LogP contribution in [0.4, 0.5) is 25.1 Å². The van der Waals surface area contributed by atoms with Crippen molar-refractivity contribution < 1.29 is 26.7 Å². The number of anilines is 2. The van der Waals surface area contributed by atoms with E-state index in [1.165, 1.54) is 48.9 Å². The molecule has 168 valence electrons. The van der Waals surface area contributed by atoms with E-state index < -0.39 is 39.8 Å². The Morgan fingerprint density at radius 3 is 2.58 bits per heavy atom. The standard InChI is InChI=1S/C21H14F2N4O4S2/c1-31-13-8-15(22)14(16(23)9-13)10-26-20-19(3-2-6-24-20)33(29,30)27(21(26)28)12-4-5-17-18(7-12)32-11-25-17/h2-9,11H,10H2,1H3. The van der Waals surface area contributed by atoms with E-state index in [4.69, 9.17) is 4.74 Å². The molecule has 8 nitrogen and oxygen atoms in total. The molecule has 0 bridgehead atoms. The fraction of sp³-hybridized carbons (Fsp3) is 0.0952. The number of methoxy groups -OCH3 is 1. The summed E-state index contributed by atoms with van der Waals surface area (Å²) in [5, 5.41) is 0. The highest BCUT2D eigenvalue weighted by Crippen LogP contribution is 2.38. The summed E-state index contributed by atoms with van der Waals surface area (Å²) in [6.45, 7) is -0.584. The summed E-state index contributed by atoms with van der Waals surface area (Å²) in [6, 6.07) is 8.22. The summed E-state index contributed by atoms with van der Waals surface area (Å²) >= 11 is 1.28. The van der Waals surface area contributed by atoms with Crippen molar-refractivity contribution in [2.75, 3.05) is 16.3 Å². The Labute approximate surface area is 190 Å². The van der Waals surface area contributed by atoms with Gasteiger partial charge in [-0.3, -0.25) is 4.90 Å². The first-order valence-corrected chi connectivity index (χ1v) is 11.8. The quantitative estimate of drug-likeness (QED) is 0.425. The van der Waals surface area contributed by atoms with Crippen LogP contribution in [0.2, 0.25) is 0 Å². The van der Waals surface area contributed by atoms with Crippen molar-refractivity contribution in [3.8, 4) is 5.75 Å². The van der Waals surface area contributed by atoms with E-state index in [1.54, 1.807) is 11.6 Å². The summed E-state index contributed by atoms with van der Waals surface area (Å²) < 4.78 is 62.2. The number of nitrogens with zero attached hydrogens (tertiary/aromatic N) is 4. The SMILES string of the molecule is COc1cc(F)c(CN2C(=O)N(c3ccc4ncsc4c3)S(=O)(=O)c3cccnc32)c(F)c1. The number of hydrogen-bond donors (Lipinski definition) is 0. The maximum atomic E-state index is 14.7. The van der Waals surface area contributed by atoms with Crippen molar-refractivity contribution >= 4 is 49.1 Å². The van der Waals surface area contributed by atoms with Gasteiger partial charge in [-0.05, 0) is 30.3 Å². The van der Waals surface area contributed by atoms with Crippen LogP contribution in [0.15, 0.2) is 59.1 Å². The van der Waals surface area contributed by atoms with Gasteiger partial charge in [0.25, 0.3) is 10.0 Å². The van der Waals surface area contributed by atoms with Gasteiger partial charge in [0.15, 0.2) is 5.82 Å². The van der Waals surface area contributed by atoms with Crippen molar-refractivity contribution in [1.82, 2.24) is 9.97 Å². The molecule has 0 N–H and O–H groups in total. The number of halogens is 2. The zero-order valence-electron chi connectivity index (χ0n) is 16.9. The second-order valence-electron chi connectivity index (χ2n) is 7.04. The summed E-state index contributed by atoms with van der Waals surface area (Å²) in [6.07, 6.45) is 1.30. The molecular formula is C21H14F2N4O4S2. The van der Waals surface area contributed by atoms with Gasteiger partial charge < -0.3 is 4.74 Å². The first-order valence-electron chi connectivity index (χ1n) is 9.48. The zero-order valence-corrected chi connectivity index (χ0v) is 18.5. The number of pyridine rings is 1. The van der Waals surface area contributed by atoms with E-state index >= 15 is 0 Å². The van der Waals surface area contributed by atoms with E-state index in [-0.39, 0.29) is 22.2 Å². The highest BCUT2D eigenvalue weighted by Gasteiger charge is 2.44. The lowest BCUT2D eigenvalue weighted by Gasteiger charge is -2.35. The van der Waals surface area contributed by atoms with E-state index in [1.807, 2.05) is 0 Å². The largest absolute Gasteiger partial charge is 0.497 e. The molecule has 0 unspecified atom stereocenters. The van der Waals surface area contributed by atoms with Crippen LogP contribution in [-0.4, -0.2) is 31.5 Å². The minimum Gasteiger partial charge on any atom is -0.497 e. The summed E-state index contributed by atoms with van der Waals surface area (Å²) in [5.74, 6) is -2.13. The number of sulfonamides is 1. The molecule has 0 aliphatic carbocycles. The molecule has 0 spiro atoms. The average Bonchev–Trinajstić information content (AvgIpc) is 3.26. The topological polar surface area (TPSA) is 92.7 Å². The Balaban J connectivity index is 1.66. The van der Waals surface area contributed by atoms with Crippen LogP contribution in [-0.2, 0) is 16.6 Å². The van der Waals surface area contributed by atoms with Crippen molar-refractivity contribution in [3.05, 3.63) is 71.4 Å². The Morgan fingerprint density at radius 2 is 1.85 bits per heavy atom. The Kier molecular flexibility index (Phi) is 4.98. The predicted octanol–water partition coefficient (Wildman–Crippen LogP) is 4.31. The van der Waals surface area contributed by atoms with Crippen LogP contribution in [0.3, 0.4) is 0 Å². The number of carbonyl (C=O) groups is 1. The third kappa shape index (κ3) is 3.38. The van der Waals surface area contributed by atoms with E-state index in [0.29, 0.717) is 14.5 Å². The Bertz CT molecular complexity index is 1500. The van der Waals surface area contributed by atoms with Gasteiger partial charge in [-0.1, -0.05) is 0 Å². The molecule has 4 aromatic rings. The van der Waals surface area contributed by atoms with Crippen molar-refractivity contribution in [2.45, 2.75) is 11.4 Å². The Morgan fingerprint density at radius 1 is 1.09 bits per heavy atom. The maximum absolute atomic E-state index is 14.7. The van der Waals surface area contributed by atoms with Gasteiger partial charge in [0.1, 0.15) is 22.3 Å². The van der Waals surface area contributed by atoms with Gasteiger partial charge in [0.05, 0.1) is 35.1 Å². The third-order valence-electron chi connectivity index (χ3n) is 5.15. The summed E-state index contributed by atoms with van der Waals surface area (Å²) in [7, 11) is -3.07. The number of fused-ring (bicyclic) bond motifs is 2. The lowest BCUT2D eigenvalue weighted by molar-refractivity contribution is 0.253. The number of amides is 2. The number of rotatable bonds is 4. The molecule has 2 amide bonds. The number of aromatic nitrogens is 2. The summed E-state index contributed by atoms with van der Waals surface area (Å²) in [5.41, 5.74) is 1.89. The van der Waals surface area contributed by atoms with E-state index in [0.717, 1.165) is 17.0 Å². The van der Waals surface area contributed by atoms with Crippen LogP contribution in [0, 0.1) is 11.6 Å². The lowest BCUT2D eigenvalue weighted by Crippen LogP contribution is -2.51. The number of benzene rings is 2. The fourth-order valence-electron chi connectivity index (χ4n) is 3.56.